The minimum Gasteiger partial charge on any atom is -0.466 e. The van der Waals surface area contributed by atoms with Crippen molar-refractivity contribution >= 4 is 47.6 Å². The normalized spacial score (nSPS) is 12.7. The molecule has 16 heteroatoms. The minimum absolute atomic E-state index is 0.0143. The second kappa shape index (κ2) is 28.3. The Labute approximate surface area is 313 Å². The summed E-state index contributed by atoms with van der Waals surface area (Å²) in [5.74, 6) is -5.04. The average molecular weight is 758 g/mol. The maximum atomic E-state index is 13.6. The van der Waals surface area contributed by atoms with E-state index in [9.17, 15) is 38.4 Å². The highest BCUT2D eigenvalue weighted by molar-refractivity contribution is 5.92. The van der Waals surface area contributed by atoms with Gasteiger partial charge >= 0.3 is 30.0 Å². The molecule has 0 aromatic heterocycles. The van der Waals surface area contributed by atoms with Crippen LogP contribution in [0.25, 0.3) is 0 Å². The first-order valence-electron chi connectivity index (χ1n) is 18.8. The Hall–Kier alpha value is -4.24. The van der Waals surface area contributed by atoms with Crippen molar-refractivity contribution in [1.29, 1.82) is 0 Å². The summed E-state index contributed by atoms with van der Waals surface area (Å²) >= 11 is 0. The predicted octanol–water partition coefficient (Wildman–Crippen LogP) is 3.99. The Kier molecular flexibility index (Phi) is 26.0. The van der Waals surface area contributed by atoms with E-state index in [1.807, 2.05) is 0 Å². The van der Waals surface area contributed by atoms with Crippen LogP contribution in [0.4, 0.5) is 4.79 Å². The van der Waals surface area contributed by atoms with Crippen LogP contribution in [0.3, 0.4) is 0 Å². The summed E-state index contributed by atoms with van der Waals surface area (Å²) in [6.45, 7) is 12.7. The monoisotopic (exact) mass is 757 g/mol. The molecule has 0 aromatic carbocycles. The second-order valence-corrected chi connectivity index (χ2v) is 13.3. The number of hydrogen-bond acceptors (Lipinski definition) is 13. The van der Waals surface area contributed by atoms with Crippen molar-refractivity contribution in [2.24, 2.45) is 5.92 Å². The Bertz CT molecular complexity index is 1170. The predicted molar refractivity (Wildman–Crippen MR) is 193 cm³/mol. The first-order valence-corrected chi connectivity index (χ1v) is 18.8. The summed E-state index contributed by atoms with van der Waals surface area (Å²) in [7, 11) is 0. The number of alkyl carbamates (subject to hydrolysis) is 1. The van der Waals surface area contributed by atoms with Crippen LogP contribution in [-0.4, -0.2) is 98.2 Å². The smallest absolute Gasteiger partial charge is 0.407 e. The summed E-state index contributed by atoms with van der Waals surface area (Å²) < 4.78 is 25.2. The van der Waals surface area contributed by atoms with Crippen LogP contribution >= 0.6 is 0 Å². The van der Waals surface area contributed by atoms with E-state index in [1.54, 1.807) is 48.5 Å². The molecule has 3 amide bonds. The molecule has 0 bridgehead atoms. The summed E-state index contributed by atoms with van der Waals surface area (Å²) in [6, 6.07) is -2.30. The molecule has 0 fully saturated rings. The number of carbonyl (C=O) groups excluding carboxylic acids is 8. The van der Waals surface area contributed by atoms with Gasteiger partial charge in [-0.25, -0.2) is 9.59 Å². The third-order valence-electron chi connectivity index (χ3n) is 7.55. The van der Waals surface area contributed by atoms with Crippen LogP contribution in [0.15, 0.2) is 0 Å². The zero-order chi connectivity index (χ0) is 40.2. The largest absolute Gasteiger partial charge is 0.466 e. The molecule has 0 aliphatic heterocycles. The van der Waals surface area contributed by atoms with Gasteiger partial charge in [-0.15, -0.1) is 0 Å². The lowest BCUT2D eigenvalue weighted by Gasteiger charge is -2.22. The summed E-state index contributed by atoms with van der Waals surface area (Å²) in [5.41, 5.74) is -0.576. The molecule has 0 radical (unpaired) electrons. The first-order chi connectivity index (χ1) is 25.1. The van der Waals surface area contributed by atoms with Crippen molar-refractivity contribution in [3.8, 4) is 0 Å². The zero-order valence-electron chi connectivity index (χ0n) is 32.8. The van der Waals surface area contributed by atoms with Crippen LogP contribution in [-0.2, 0) is 57.2 Å². The lowest BCUT2D eigenvalue weighted by molar-refractivity contribution is -0.151. The maximum Gasteiger partial charge on any atom is 0.407 e. The topological polar surface area (TPSA) is 219 Å². The van der Waals surface area contributed by atoms with Crippen LogP contribution < -0.4 is 16.0 Å². The van der Waals surface area contributed by atoms with Crippen LogP contribution in [0.2, 0.25) is 0 Å². The molecule has 3 unspecified atom stereocenters. The zero-order valence-corrected chi connectivity index (χ0v) is 32.8. The van der Waals surface area contributed by atoms with Gasteiger partial charge in [-0.3, -0.25) is 28.8 Å². The van der Waals surface area contributed by atoms with Crippen molar-refractivity contribution in [1.82, 2.24) is 16.0 Å². The Morgan fingerprint density at radius 1 is 0.547 bits per heavy atom. The van der Waals surface area contributed by atoms with Crippen LogP contribution in [0, 0.1) is 5.92 Å². The van der Waals surface area contributed by atoms with Gasteiger partial charge in [0.05, 0.1) is 38.4 Å². The third kappa shape index (κ3) is 25.4. The highest BCUT2D eigenvalue weighted by atomic mass is 16.6. The van der Waals surface area contributed by atoms with Crippen molar-refractivity contribution < 1.29 is 62.0 Å². The Morgan fingerprint density at radius 2 is 1.04 bits per heavy atom. The second-order valence-electron chi connectivity index (χ2n) is 13.3. The van der Waals surface area contributed by atoms with E-state index < -0.39 is 71.2 Å². The number of ether oxygens (including phenoxy) is 5. The van der Waals surface area contributed by atoms with Gasteiger partial charge in [0.25, 0.3) is 0 Å². The molecular formula is C37H63N3O13. The molecular weight excluding hydrogens is 694 g/mol. The highest BCUT2D eigenvalue weighted by Crippen LogP contribution is 2.18. The maximum absolute atomic E-state index is 13.6. The van der Waals surface area contributed by atoms with E-state index in [-0.39, 0.29) is 77.8 Å². The van der Waals surface area contributed by atoms with Gasteiger partial charge in [0, 0.05) is 38.6 Å². The van der Waals surface area contributed by atoms with Gasteiger partial charge in [0.2, 0.25) is 11.8 Å². The van der Waals surface area contributed by atoms with Gasteiger partial charge in [-0.2, -0.15) is 0 Å². The molecule has 0 heterocycles. The molecule has 304 valence electrons. The summed E-state index contributed by atoms with van der Waals surface area (Å²) in [6.07, 6.45) is 2.12. The van der Waals surface area contributed by atoms with Gasteiger partial charge in [-0.05, 0) is 80.6 Å². The molecule has 3 atom stereocenters. The van der Waals surface area contributed by atoms with E-state index in [0.29, 0.717) is 13.0 Å². The number of nitrogens with one attached hydrogen (secondary N) is 3. The highest BCUT2D eigenvalue weighted by Gasteiger charge is 2.30. The molecule has 0 spiro atoms. The standard InChI is InChI=1S/C37H63N3O13/c1-8-49-32(44)22-18-26(34(46)51-10-3)25-29(41)27(19-21-31(43)40-28(35(47)52-11-4)20-23-33(45)50-9-2)39-30(42)17-15-13-12-14-16-24-38-36(48)53-37(5,6)7/h26-28H,8-25H2,1-7H3,(H,38,48)(H,39,42)(H,40,43). The fourth-order valence-corrected chi connectivity index (χ4v) is 5.03. The third-order valence-corrected chi connectivity index (χ3v) is 7.55. The van der Waals surface area contributed by atoms with Gasteiger partial charge in [0.1, 0.15) is 11.6 Å². The van der Waals surface area contributed by atoms with Crippen LogP contribution in [0.1, 0.15) is 132 Å². The molecule has 0 saturated heterocycles. The van der Waals surface area contributed by atoms with E-state index in [4.69, 9.17) is 23.7 Å². The number of carbonyl (C=O) groups is 8. The molecule has 53 heavy (non-hydrogen) atoms. The number of unbranched alkanes of at least 4 members (excludes halogenated alkanes) is 4. The number of ketones is 1. The fraction of sp³-hybridized carbons (Fsp3) is 0.784. The quantitative estimate of drug-likeness (QED) is 0.0585. The lowest BCUT2D eigenvalue weighted by atomic mass is 9.92. The lowest BCUT2D eigenvalue weighted by Crippen LogP contribution is -2.45. The fourth-order valence-electron chi connectivity index (χ4n) is 5.03. The minimum atomic E-state index is -1.16. The summed E-state index contributed by atoms with van der Waals surface area (Å²) in [4.78, 5) is 100. The van der Waals surface area contributed by atoms with Crippen molar-refractivity contribution in [3.05, 3.63) is 0 Å². The molecule has 0 saturated carbocycles. The Balaban J connectivity index is 5.50. The molecule has 0 aromatic rings. The number of hydrogen-bond donors (Lipinski definition) is 3. The van der Waals surface area contributed by atoms with Gasteiger partial charge in [0.15, 0.2) is 5.78 Å². The molecule has 0 aliphatic rings. The number of rotatable bonds is 28. The SMILES string of the molecule is CCOC(=O)CCC(CC(=O)C(CCC(=O)NC(CCC(=O)OCC)C(=O)OCC)NC(=O)CCCCCCCNC(=O)OC(C)(C)C)C(=O)OCC. The van der Waals surface area contributed by atoms with Crippen molar-refractivity contribution in [2.45, 2.75) is 150 Å². The van der Waals surface area contributed by atoms with E-state index in [2.05, 4.69) is 16.0 Å². The number of esters is 4. The Morgan fingerprint density at radius 3 is 1.62 bits per heavy atom. The van der Waals surface area contributed by atoms with Crippen molar-refractivity contribution in [3.63, 3.8) is 0 Å². The van der Waals surface area contributed by atoms with Gasteiger partial charge in [-0.1, -0.05) is 19.3 Å². The van der Waals surface area contributed by atoms with E-state index in [0.717, 1.165) is 25.7 Å². The molecule has 16 nitrogen and oxygen atoms in total. The molecule has 0 rings (SSSR count). The molecule has 3 N–H and O–H groups in total. The van der Waals surface area contributed by atoms with Crippen LogP contribution in [0.5, 0.6) is 0 Å². The molecule has 0 aliphatic carbocycles. The summed E-state index contributed by atoms with van der Waals surface area (Å²) in [5, 5.41) is 7.95. The van der Waals surface area contributed by atoms with E-state index >= 15 is 0 Å². The average Bonchev–Trinajstić information content (AvgIpc) is 3.07. The number of Topliss-reactive ketones (excluding diaryl/α,β-unsaturated/α-hetero) is 1. The first kappa shape index (κ1) is 48.8. The van der Waals surface area contributed by atoms with Crippen molar-refractivity contribution in [2.75, 3.05) is 33.0 Å². The van der Waals surface area contributed by atoms with Gasteiger partial charge < -0.3 is 39.6 Å². The van der Waals surface area contributed by atoms with E-state index in [1.165, 1.54) is 0 Å². The number of amides is 3.